The van der Waals surface area contributed by atoms with Gasteiger partial charge in [-0.15, -0.1) is 11.8 Å². The lowest BCUT2D eigenvalue weighted by Gasteiger charge is -2.21. The number of aromatic nitrogens is 3. The molecule has 3 rings (SSSR count). The van der Waals surface area contributed by atoms with Gasteiger partial charge in [0.25, 0.3) is 0 Å². The number of carbonyl (C=O) groups is 1. The summed E-state index contributed by atoms with van der Waals surface area (Å²) in [4.78, 5) is 28.4. The lowest BCUT2D eigenvalue weighted by atomic mass is 10.2. The summed E-state index contributed by atoms with van der Waals surface area (Å²) in [7, 11) is 1.34. The lowest BCUT2D eigenvalue weighted by molar-refractivity contribution is 0.0594. The third-order valence-corrected chi connectivity index (χ3v) is 5.54. The van der Waals surface area contributed by atoms with Gasteiger partial charge in [0, 0.05) is 23.7 Å². The van der Waals surface area contributed by atoms with Gasteiger partial charge in [0.1, 0.15) is 16.7 Å². The van der Waals surface area contributed by atoms with Crippen molar-refractivity contribution in [3.63, 3.8) is 0 Å². The SMILES string of the molecule is CCN(CC)c1nc(Cl)nc2c(SCc3ccccc3)cc(C(=O)OC)nc12. The Morgan fingerprint density at radius 1 is 1.11 bits per heavy atom. The molecule has 28 heavy (non-hydrogen) atoms. The number of methoxy groups -OCH3 is 1. The number of carbonyl (C=O) groups excluding carboxylic acids is 1. The van der Waals surface area contributed by atoms with Crippen LogP contribution < -0.4 is 4.90 Å². The maximum atomic E-state index is 12.2. The number of rotatable bonds is 7. The van der Waals surface area contributed by atoms with E-state index in [9.17, 15) is 4.79 Å². The van der Waals surface area contributed by atoms with Crippen LogP contribution >= 0.6 is 23.4 Å². The zero-order valence-corrected chi connectivity index (χ0v) is 17.5. The van der Waals surface area contributed by atoms with Crippen molar-refractivity contribution in [2.45, 2.75) is 24.5 Å². The number of hydrogen-bond donors (Lipinski definition) is 0. The smallest absolute Gasteiger partial charge is 0.356 e. The van der Waals surface area contributed by atoms with Crippen molar-refractivity contribution in [1.29, 1.82) is 0 Å². The van der Waals surface area contributed by atoms with E-state index in [1.807, 2.05) is 36.9 Å². The Morgan fingerprint density at radius 3 is 2.46 bits per heavy atom. The Hall–Kier alpha value is -2.38. The summed E-state index contributed by atoms with van der Waals surface area (Å²) in [5.41, 5.74) is 2.58. The summed E-state index contributed by atoms with van der Waals surface area (Å²) < 4.78 is 4.89. The molecule has 146 valence electrons. The van der Waals surface area contributed by atoms with Gasteiger partial charge < -0.3 is 9.64 Å². The van der Waals surface area contributed by atoms with Gasteiger partial charge in [0.05, 0.1) is 7.11 Å². The number of nitrogens with zero attached hydrogens (tertiary/aromatic N) is 4. The van der Waals surface area contributed by atoms with E-state index in [-0.39, 0.29) is 11.0 Å². The highest BCUT2D eigenvalue weighted by Crippen LogP contribution is 2.33. The number of ether oxygens (including phenoxy) is 1. The van der Waals surface area contributed by atoms with Crippen molar-refractivity contribution >= 4 is 46.2 Å². The fourth-order valence-corrected chi connectivity index (χ4v) is 3.99. The maximum absolute atomic E-state index is 12.2. The standard InChI is InChI=1S/C20H21ClN4O2S/c1-4-25(5-2)18-17-16(23-20(21)24-18)15(11-14(22-17)19(26)27-3)28-12-13-9-7-6-8-10-13/h6-11H,4-5,12H2,1-3H3. The second-order valence-electron chi connectivity index (χ2n) is 5.96. The molecule has 2 heterocycles. The minimum Gasteiger partial charge on any atom is -0.464 e. The van der Waals surface area contributed by atoms with Gasteiger partial charge in [-0.05, 0) is 37.1 Å². The molecule has 8 heteroatoms. The molecule has 0 bridgehead atoms. The molecule has 0 aliphatic heterocycles. The maximum Gasteiger partial charge on any atom is 0.356 e. The van der Waals surface area contributed by atoms with Crippen LogP contribution in [-0.4, -0.2) is 41.1 Å². The molecule has 0 radical (unpaired) electrons. The summed E-state index contributed by atoms with van der Waals surface area (Å²) in [6, 6.07) is 11.8. The van der Waals surface area contributed by atoms with E-state index in [0.717, 1.165) is 23.7 Å². The van der Waals surface area contributed by atoms with E-state index in [1.165, 1.54) is 12.7 Å². The van der Waals surface area contributed by atoms with Crippen LogP contribution in [0.1, 0.15) is 29.9 Å². The van der Waals surface area contributed by atoms with Crippen LogP contribution in [0.2, 0.25) is 5.28 Å². The normalized spacial score (nSPS) is 10.9. The Labute approximate surface area is 173 Å². The third kappa shape index (κ3) is 4.36. The molecule has 3 aromatic rings. The summed E-state index contributed by atoms with van der Waals surface area (Å²) in [5.74, 6) is 0.846. The summed E-state index contributed by atoms with van der Waals surface area (Å²) in [6.07, 6.45) is 0. The first-order valence-electron chi connectivity index (χ1n) is 8.95. The number of anilines is 1. The van der Waals surface area contributed by atoms with Crippen LogP contribution in [0.25, 0.3) is 11.0 Å². The molecule has 0 saturated carbocycles. The summed E-state index contributed by atoms with van der Waals surface area (Å²) in [6.45, 7) is 5.52. The fraction of sp³-hybridized carbons (Fsp3) is 0.300. The van der Waals surface area contributed by atoms with Crippen LogP contribution in [0, 0.1) is 0 Å². The average Bonchev–Trinajstić information content (AvgIpc) is 2.73. The molecule has 6 nitrogen and oxygen atoms in total. The van der Waals surface area contributed by atoms with Crippen LogP contribution in [0.4, 0.5) is 5.82 Å². The van der Waals surface area contributed by atoms with Crippen LogP contribution in [-0.2, 0) is 10.5 Å². The Morgan fingerprint density at radius 2 is 1.82 bits per heavy atom. The molecule has 0 aliphatic carbocycles. The third-order valence-electron chi connectivity index (χ3n) is 4.27. The molecule has 1 aromatic carbocycles. The minimum absolute atomic E-state index is 0.156. The quantitative estimate of drug-likeness (QED) is 0.316. The lowest BCUT2D eigenvalue weighted by Crippen LogP contribution is -2.24. The fourth-order valence-electron chi connectivity index (χ4n) is 2.83. The Balaban J connectivity index is 2.15. The molecular weight excluding hydrogens is 396 g/mol. The summed E-state index contributed by atoms with van der Waals surface area (Å²) in [5, 5.41) is 0.156. The van der Waals surface area contributed by atoms with Gasteiger partial charge in [-0.25, -0.2) is 14.8 Å². The minimum atomic E-state index is -0.496. The van der Waals surface area contributed by atoms with Gasteiger partial charge in [-0.1, -0.05) is 30.3 Å². The van der Waals surface area contributed by atoms with Gasteiger partial charge in [-0.3, -0.25) is 0 Å². The Bertz CT molecular complexity index is 981. The van der Waals surface area contributed by atoms with Crippen molar-refractivity contribution in [2.75, 3.05) is 25.1 Å². The first kappa shape index (κ1) is 20.4. The van der Waals surface area contributed by atoms with E-state index in [1.54, 1.807) is 17.8 Å². The highest BCUT2D eigenvalue weighted by Gasteiger charge is 2.20. The van der Waals surface area contributed by atoms with Crippen LogP contribution in [0.15, 0.2) is 41.3 Å². The van der Waals surface area contributed by atoms with E-state index in [0.29, 0.717) is 16.9 Å². The molecule has 0 aliphatic rings. The zero-order valence-electron chi connectivity index (χ0n) is 16.0. The van der Waals surface area contributed by atoms with Gasteiger partial charge in [0.15, 0.2) is 5.82 Å². The largest absolute Gasteiger partial charge is 0.464 e. The van der Waals surface area contributed by atoms with Crippen molar-refractivity contribution in [3.8, 4) is 0 Å². The molecule has 0 atom stereocenters. The molecule has 0 unspecified atom stereocenters. The number of fused-ring (bicyclic) bond motifs is 1. The molecule has 2 aromatic heterocycles. The summed E-state index contributed by atoms with van der Waals surface area (Å²) >= 11 is 7.80. The van der Waals surface area contributed by atoms with Crippen molar-refractivity contribution in [2.24, 2.45) is 0 Å². The average molecular weight is 417 g/mol. The topological polar surface area (TPSA) is 68.2 Å². The molecule has 0 N–H and O–H groups in total. The second-order valence-corrected chi connectivity index (χ2v) is 7.31. The van der Waals surface area contributed by atoms with Gasteiger partial charge in [-0.2, -0.15) is 4.98 Å². The molecule has 0 spiro atoms. The van der Waals surface area contributed by atoms with Gasteiger partial charge in [0.2, 0.25) is 5.28 Å². The van der Waals surface area contributed by atoms with E-state index in [4.69, 9.17) is 16.3 Å². The predicted molar refractivity (Wildman–Crippen MR) is 113 cm³/mol. The zero-order chi connectivity index (χ0) is 20.1. The van der Waals surface area contributed by atoms with Gasteiger partial charge >= 0.3 is 5.97 Å². The second kappa shape index (κ2) is 9.21. The number of thioether (sulfide) groups is 1. The highest BCUT2D eigenvalue weighted by molar-refractivity contribution is 7.98. The number of pyridine rings is 1. The van der Waals surface area contributed by atoms with Crippen molar-refractivity contribution in [1.82, 2.24) is 15.0 Å². The molecule has 0 saturated heterocycles. The highest BCUT2D eigenvalue weighted by atomic mass is 35.5. The number of benzene rings is 1. The monoisotopic (exact) mass is 416 g/mol. The number of esters is 1. The number of halogens is 1. The Kier molecular flexibility index (Phi) is 6.70. The first-order chi connectivity index (χ1) is 13.6. The molecule has 0 amide bonds. The van der Waals surface area contributed by atoms with Crippen LogP contribution in [0.3, 0.4) is 0 Å². The van der Waals surface area contributed by atoms with Crippen molar-refractivity contribution in [3.05, 3.63) is 52.9 Å². The van der Waals surface area contributed by atoms with Crippen LogP contribution in [0.5, 0.6) is 0 Å². The predicted octanol–water partition coefficient (Wildman–Crippen LogP) is 4.60. The van der Waals surface area contributed by atoms with Crippen molar-refractivity contribution < 1.29 is 9.53 Å². The number of hydrogen-bond acceptors (Lipinski definition) is 7. The molecule has 0 fully saturated rings. The molecular formula is C20H21ClN4O2S. The van der Waals surface area contributed by atoms with E-state index in [2.05, 4.69) is 27.1 Å². The van der Waals surface area contributed by atoms with E-state index < -0.39 is 5.97 Å². The first-order valence-corrected chi connectivity index (χ1v) is 10.3. The van der Waals surface area contributed by atoms with E-state index >= 15 is 0 Å².